The lowest BCUT2D eigenvalue weighted by atomic mass is 10.4. The highest BCUT2D eigenvalue weighted by Crippen LogP contribution is 2.16. The largest absolute Gasteiger partial charge is 0.401 e. The second-order valence-corrected chi connectivity index (χ2v) is 4.15. The predicted molar refractivity (Wildman–Crippen MR) is 64.0 cm³/mol. The third-order valence-corrected chi connectivity index (χ3v) is 2.52. The Morgan fingerprint density at radius 3 is 2.74 bits per heavy atom. The topological polar surface area (TPSA) is 50.2 Å². The number of likely N-dealkylation sites (N-methyl/N-ethyl adjacent to an activating group) is 1. The first-order valence-corrected chi connectivity index (χ1v) is 5.86. The maximum atomic E-state index is 12.4. The summed E-state index contributed by atoms with van der Waals surface area (Å²) in [7, 11) is 1.69. The van der Waals surface area contributed by atoms with E-state index in [-0.39, 0.29) is 6.54 Å². The van der Waals surface area contributed by atoms with Crippen molar-refractivity contribution in [1.82, 2.24) is 20.0 Å². The van der Waals surface area contributed by atoms with Crippen molar-refractivity contribution in [2.24, 2.45) is 0 Å². The van der Waals surface area contributed by atoms with E-state index < -0.39 is 12.7 Å². The zero-order valence-electron chi connectivity index (χ0n) is 10.7. The molecule has 0 spiro atoms. The van der Waals surface area contributed by atoms with Crippen molar-refractivity contribution < 1.29 is 18.0 Å². The minimum absolute atomic E-state index is 0.223. The predicted octanol–water partition coefficient (Wildman–Crippen LogP) is 0.779. The molecule has 0 saturated heterocycles. The number of alkyl halides is 3. The standard InChI is InChI=1S/C11H17F3N4O/c1-15-2-3-17(9-11(12,13)14)4-5-18-7-10(8-19)6-16-18/h6-8,15H,2-5,9H2,1H3. The number of carbonyl (C=O) groups excluding carboxylic acids is 1. The molecule has 8 heteroatoms. The highest BCUT2D eigenvalue weighted by atomic mass is 19.4. The number of aromatic nitrogens is 2. The van der Waals surface area contributed by atoms with Gasteiger partial charge in [-0.25, -0.2) is 0 Å². The van der Waals surface area contributed by atoms with E-state index in [0.29, 0.717) is 31.5 Å². The Labute approximate surface area is 109 Å². The maximum Gasteiger partial charge on any atom is 0.401 e. The molecule has 0 atom stereocenters. The maximum absolute atomic E-state index is 12.4. The summed E-state index contributed by atoms with van der Waals surface area (Å²) in [5.41, 5.74) is 0.414. The molecular formula is C11H17F3N4O. The molecule has 1 aromatic rings. The van der Waals surface area contributed by atoms with Crippen LogP contribution in [0.25, 0.3) is 0 Å². The lowest BCUT2D eigenvalue weighted by Gasteiger charge is -2.23. The summed E-state index contributed by atoms with van der Waals surface area (Å²) in [5, 5.41) is 6.72. The summed E-state index contributed by atoms with van der Waals surface area (Å²) in [6, 6.07) is 0. The van der Waals surface area contributed by atoms with Crippen molar-refractivity contribution in [2.45, 2.75) is 12.7 Å². The smallest absolute Gasteiger partial charge is 0.318 e. The van der Waals surface area contributed by atoms with Gasteiger partial charge in [0.1, 0.15) is 0 Å². The van der Waals surface area contributed by atoms with Crippen molar-refractivity contribution in [3.8, 4) is 0 Å². The molecule has 0 aliphatic heterocycles. The molecule has 5 nitrogen and oxygen atoms in total. The molecule has 0 fully saturated rings. The van der Waals surface area contributed by atoms with Crippen LogP contribution in [0.5, 0.6) is 0 Å². The van der Waals surface area contributed by atoms with Gasteiger partial charge in [-0.3, -0.25) is 14.4 Å². The van der Waals surface area contributed by atoms with E-state index in [4.69, 9.17) is 0 Å². The van der Waals surface area contributed by atoms with Crippen molar-refractivity contribution in [1.29, 1.82) is 0 Å². The average molecular weight is 278 g/mol. The fourth-order valence-corrected chi connectivity index (χ4v) is 1.60. The number of halogens is 3. The van der Waals surface area contributed by atoms with Crippen LogP contribution in [-0.4, -0.2) is 60.4 Å². The van der Waals surface area contributed by atoms with Gasteiger partial charge in [-0.05, 0) is 7.05 Å². The van der Waals surface area contributed by atoms with Crippen LogP contribution in [0.4, 0.5) is 13.2 Å². The monoisotopic (exact) mass is 278 g/mol. The minimum Gasteiger partial charge on any atom is -0.318 e. The molecule has 0 aromatic carbocycles. The zero-order chi connectivity index (χ0) is 14.3. The van der Waals surface area contributed by atoms with Crippen LogP contribution in [0.2, 0.25) is 0 Å². The second kappa shape index (κ2) is 7.25. The van der Waals surface area contributed by atoms with Gasteiger partial charge in [-0.1, -0.05) is 0 Å². The number of nitrogens with zero attached hydrogens (tertiary/aromatic N) is 3. The lowest BCUT2D eigenvalue weighted by Crippen LogP contribution is -2.40. The summed E-state index contributed by atoms with van der Waals surface area (Å²) in [5.74, 6) is 0. The van der Waals surface area contributed by atoms with Gasteiger partial charge in [0.05, 0.1) is 24.8 Å². The van der Waals surface area contributed by atoms with Crippen LogP contribution in [0, 0.1) is 0 Å². The summed E-state index contributed by atoms with van der Waals surface area (Å²) in [6.45, 7) is 0.373. The van der Waals surface area contributed by atoms with Crippen molar-refractivity contribution >= 4 is 6.29 Å². The van der Waals surface area contributed by atoms with Gasteiger partial charge < -0.3 is 5.32 Å². The number of hydrogen-bond donors (Lipinski definition) is 1. The highest BCUT2D eigenvalue weighted by molar-refractivity contribution is 5.73. The van der Waals surface area contributed by atoms with Crippen molar-refractivity contribution in [3.63, 3.8) is 0 Å². The lowest BCUT2D eigenvalue weighted by molar-refractivity contribution is -0.146. The quantitative estimate of drug-likeness (QED) is 0.714. The summed E-state index contributed by atoms with van der Waals surface area (Å²) in [6.07, 6.45) is -0.671. The highest BCUT2D eigenvalue weighted by Gasteiger charge is 2.30. The molecule has 19 heavy (non-hydrogen) atoms. The number of nitrogens with one attached hydrogen (secondary N) is 1. The molecule has 0 amide bonds. The molecule has 0 bridgehead atoms. The van der Waals surface area contributed by atoms with Crippen LogP contribution in [0.3, 0.4) is 0 Å². The van der Waals surface area contributed by atoms with Crippen LogP contribution < -0.4 is 5.32 Å². The Hall–Kier alpha value is -1.41. The fourth-order valence-electron chi connectivity index (χ4n) is 1.60. The van der Waals surface area contributed by atoms with Gasteiger partial charge in [-0.15, -0.1) is 0 Å². The Kier molecular flexibility index (Phi) is 5.97. The van der Waals surface area contributed by atoms with E-state index in [1.54, 1.807) is 7.05 Å². The SMILES string of the molecule is CNCCN(CCn1cc(C=O)cn1)CC(F)(F)F. The van der Waals surface area contributed by atoms with E-state index in [9.17, 15) is 18.0 Å². The van der Waals surface area contributed by atoms with Crippen LogP contribution >= 0.6 is 0 Å². The van der Waals surface area contributed by atoms with E-state index >= 15 is 0 Å². The Morgan fingerprint density at radius 2 is 2.21 bits per heavy atom. The summed E-state index contributed by atoms with van der Waals surface area (Å²) in [4.78, 5) is 11.8. The Balaban J connectivity index is 2.49. The normalized spacial score (nSPS) is 12.1. The first-order valence-electron chi connectivity index (χ1n) is 5.86. The van der Waals surface area contributed by atoms with Crippen LogP contribution in [0.1, 0.15) is 10.4 Å². The Bertz CT molecular complexity index is 392. The number of carbonyl (C=O) groups is 1. The van der Waals surface area contributed by atoms with Gasteiger partial charge >= 0.3 is 6.18 Å². The molecule has 0 radical (unpaired) electrons. The van der Waals surface area contributed by atoms with E-state index in [1.807, 2.05) is 0 Å². The Morgan fingerprint density at radius 1 is 1.47 bits per heavy atom. The van der Waals surface area contributed by atoms with E-state index in [2.05, 4.69) is 10.4 Å². The van der Waals surface area contributed by atoms with Crippen LogP contribution in [-0.2, 0) is 6.54 Å². The third-order valence-electron chi connectivity index (χ3n) is 2.52. The third kappa shape index (κ3) is 6.35. The molecule has 0 aliphatic rings. The van der Waals surface area contributed by atoms with Gasteiger partial charge in [0.15, 0.2) is 6.29 Å². The minimum atomic E-state index is -4.22. The number of hydrogen-bond acceptors (Lipinski definition) is 4. The van der Waals surface area contributed by atoms with Crippen molar-refractivity contribution in [2.75, 3.05) is 33.2 Å². The van der Waals surface area contributed by atoms with Crippen molar-refractivity contribution in [3.05, 3.63) is 18.0 Å². The second-order valence-electron chi connectivity index (χ2n) is 4.15. The van der Waals surface area contributed by atoms with Gasteiger partial charge in [0.2, 0.25) is 0 Å². The zero-order valence-corrected chi connectivity index (χ0v) is 10.7. The van der Waals surface area contributed by atoms with Gasteiger partial charge in [0, 0.05) is 25.8 Å². The molecule has 1 N–H and O–H groups in total. The summed E-state index contributed by atoms with van der Waals surface area (Å²) < 4.78 is 38.6. The van der Waals surface area contributed by atoms with E-state index in [1.165, 1.54) is 22.0 Å². The molecule has 108 valence electrons. The molecule has 1 rings (SSSR count). The molecular weight excluding hydrogens is 261 g/mol. The molecule has 0 aliphatic carbocycles. The van der Waals surface area contributed by atoms with E-state index in [0.717, 1.165) is 0 Å². The first-order chi connectivity index (χ1) is 8.94. The molecule has 0 unspecified atom stereocenters. The fraction of sp³-hybridized carbons (Fsp3) is 0.636. The summed E-state index contributed by atoms with van der Waals surface area (Å²) >= 11 is 0. The first kappa shape index (κ1) is 15.6. The number of aldehydes is 1. The van der Waals surface area contributed by atoms with Gasteiger partial charge in [0.25, 0.3) is 0 Å². The average Bonchev–Trinajstić information content (AvgIpc) is 2.79. The molecule has 0 saturated carbocycles. The molecule has 1 heterocycles. The van der Waals surface area contributed by atoms with Crippen LogP contribution in [0.15, 0.2) is 12.4 Å². The number of rotatable bonds is 8. The van der Waals surface area contributed by atoms with Gasteiger partial charge in [-0.2, -0.15) is 18.3 Å². The molecule has 1 aromatic heterocycles.